The Morgan fingerprint density at radius 3 is 2.83 bits per heavy atom. The Bertz CT molecular complexity index is 509. The van der Waals surface area contributed by atoms with Gasteiger partial charge >= 0.3 is 0 Å². The van der Waals surface area contributed by atoms with Gasteiger partial charge in [-0.15, -0.1) is 0 Å². The van der Waals surface area contributed by atoms with Crippen LogP contribution in [0.2, 0.25) is 0 Å². The molecule has 1 atom stereocenters. The summed E-state index contributed by atoms with van der Waals surface area (Å²) in [7, 11) is 0. The van der Waals surface area contributed by atoms with E-state index in [4.69, 9.17) is 9.47 Å². The molecular formula is C19H29NO3. The zero-order valence-electron chi connectivity index (χ0n) is 14.3. The summed E-state index contributed by atoms with van der Waals surface area (Å²) in [5.74, 6) is 0.942. The van der Waals surface area contributed by atoms with Crippen molar-refractivity contribution in [3.8, 4) is 5.75 Å². The van der Waals surface area contributed by atoms with E-state index < -0.39 is 0 Å². The van der Waals surface area contributed by atoms with Gasteiger partial charge in [0.1, 0.15) is 5.75 Å². The number of aliphatic hydroxyl groups is 1. The second-order valence-electron chi connectivity index (χ2n) is 7.16. The van der Waals surface area contributed by atoms with Crippen LogP contribution in [-0.4, -0.2) is 47.5 Å². The molecule has 2 fully saturated rings. The van der Waals surface area contributed by atoms with Gasteiger partial charge in [-0.25, -0.2) is 0 Å². The van der Waals surface area contributed by atoms with Crippen LogP contribution in [0, 0.1) is 0 Å². The first-order chi connectivity index (χ1) is 11.1. The van der Waals surface area contributed by atoms with Crippen LogP contribution < -0.4 is 4.74 Å². The predicted molar refractivity (Wildman–Crippen MR) is 90.6 cm³/mol. The highest BCUT2D eigenvalue weighted by Crippen LogP contribution is 2.35. The predicted octanol–water partition coefficient (Wildman–Crippen LogP) is 2.98. The SMILES string of the molecule is CC(C)Oc1cccc(CN2CCC3(CC2)OCCC[C@@H]3O)c1. The summed E-state index contributed by atoms with van der Waals surface area (Å²) in [6.45, 7) is 7.78. The topological polar surface area (TPSA) is 41.9 Å². The second-order valence-corrected chi connectivity index (χ2v) is 7.16. The molecule has 0 radical (unpaired) electrons. The van der Waals surface area contributed by atoms with Crippen molar-refractivity contribution < 1.29 is 14.6 Å². The number of likely N-dealkylation sites (tertiary alicyclic amines) is 1. The molecule has 1 aromatic carbocycles. The van der Waals surface area contributed by atoms with Crippen LogP contribution in [-0.2, 0) is 11.3 Å². The summed E-state index contributed by atoms with van der Waals surface area (Å²) in [5, 5.41) is 10.3. The summed E-state index contributed by atoms with van der Waals surface area (Å²) >= 11 is 0. The molecule has 1 N–H and O–H groups in total. The van der Waals surface area contributed by atoms with Gasteiger partial charge in [-0.2, -0.15) is 0 Å². The summed E-state index contributed by atoms with van der Waals surface area (Å²) in [5.41, 5.74) is 1.00. The summed E-state index contributed by atoms with van der Waals surface area (Å²) < 4.78 is 11.8. The average molecular weight is 319 g/mol. The fourth-order valence-electron chi connectivity index (χ4n) is 3.73. The van der Waals surface area contributed by atoms with Crippen LogP contribution in [0.4, 0.5) is 0 Å². The second kappa shape index (κ2) is 7.20. The molecule has 3 rings (SSSR count). The molecule has 0 aromatic heterocycles. The van der Waals surface area contributed by atoms with Crippen molar-refractivity contribution in [1.29, 1.82) is 0 Å². The lowest BCUT2D eigenvalue weighted by atomic mass is 9.82. The standard InChI is InChI=1S/C19H29NO3/c1-15(2)23-17-6-3-5-16(13-17)14-20-10-8-19(9-11-20)18(21)7-4-12-22-19/h3,5-6,13,15,18,21H,4,7-12,14H2,1-2H3/t18-/m0/s1. The Hall–Kier alpha value is -1.10. The van der Waals surface area contributed by atoms with Crippen LogP contribution in [0.5, 0.6) is 5.75 Å². The minimum absolute atomic E-state index is 0.199. The molecule has 2 heterocycles. The van der Waals surface area contributed by atoms with E-state index in [1.807, 2.05) is 19.9 Å². The van der Waals surface area contributed by atoms with Gasteiger partial charge in [0.2, 0.25) is 0 Å². The maximum absolute atomic E-state index is 10.3. The summed E-state index contributed by atoms with van der Waals surface area (Å²) in [6.07, 6.45) is 3.63. The third-order valence-corrected chi connectivity index (χ3v) is 5.00. The highest BCUT2D eigenvalue weighted by Gasteiger charge is 2.43. The molecule has 0 amide bonds. The Balaban J connectivity index is 1.56. The lowest BCUT2D eigenvalue weighted by Gasteiger charge is -2.46. The molecule has 1 spiro atoms. The van der Waals surface area contributed by atoms with E-state index in [1.165, 1.54) is 5.56 Å². The monoisotopic (exact) mass is 319 g/mol. The summed E-state index contributed by atoms with van der Waals surface area (Å²) in [6, 6.07) is 8.37. The highest BCUT2D eigenvalue weighted by atomic mass is 16.5. The zero-order chi connectivity index (χ0) is 16.3. The van der Waals surface area contributed by atoms with Crippen molar-refractivity contribution in [2.45, 2.75) is 63.9 Å². The molecule has 128 valence electrons. The van der Waals surface area contributed by atoms with Gasteiger partial charge in [0.05, 0.1) is 17.8 Å². The van der Waals surface area contributed by atoms with E-state index in [9.17, 15) is 5.11 Å². The molecule has 2 aliphatic rings. The Morgan fingerprint density at radius 2 is 2.13 bits per heavy atom. The Labute approximate surface area is 139 Å². The minimum atomic E-state index is -0.291. The first kappa shape index (κ1) is 16.7. The Morgan fingerprint density at radius 1 is 1.35 bits per heavy atom. The van der Waals surface area contributed by atoms with E-state index >= 15 is 0 Å². The number of hydrogen-bond donors (Lipinski definition) is 1. The smallest absolute Gasteiger partial charge is 0.120 e. The molecule has 4 nitrogen and oxygen atoms in total. The molecule has 1 aromatic rings. The summed E-state index contributed by atoms with van der Waals surface area (Å²) in [4.78, 5) is 2.45. The number of rotatable bonds is 4. The van der Waals surface area contributed by atoms with Crippen LogP contribution in [0.3, 0.4) is 0 Å². The van der Waals surface area contributed by atoms with Crippen molar-refractivity contribution in [2.75, 3.05) is 19.7 Å². The van der Waals surface area contributed by atoms with Crippen LogP contribution in [0.1, 0.15) is 45.1 Å². The van der Waals surface area contributed by atoms with Gasteiger partial charge < -0.3 is 14.6 Å². The average Bonchev–Trinajstić information content (AvgIpc) is 2.52. The maximum Gasteiger partial charge on any atom is 0.120 e. The quantitative estimate of drug-likeness (QED) is 0.926. The molecule has 2 aliphatic heterocycles. The zero-order valence-corrected chi connectivity index (χ0v) is 14.3. The molecule has 0 saturated carbocycles. The van der Waals surface area contributed by atoms with Crippen LogP contribution in [0.15, 0.2) is 24.3 Å². The minimum Gasteiger partial charge on any atom is -0.491 e. The van der Waals surface area contributed by atoms with Gasteiger partial charge in [-0.3, -0.25) is 4.90 Å². The van der Waals surface area contributed by atoms with E-state index in [0.717, 1.165) is 57.7 Å². The largest absolute Gasteiger partial charge is 0.491 e. The lowest BCUT2D eigenvalue weighted by molar-refractivity contribution is -0.177. The number of ether oxygens (including phenoxy) is 2. The van der Waals surface area contributed by atoms with E-state index in [0.29, 0.717) is 0 Å². The molecule has 0 bridgehead atoms. The third kappa shape index (κ3) is 4.06. The molecule has 23 heavy (non-hydrogen) atoms. The fourth-order valence-corrected chi connectivity index (χ4v) is 3.73. The van der Waals surface area contributed by atoms with E-state index in [2.05, 4.69) is 23.1 Å². The van der Waals surface area contributed by atoms with Crippen molar-refractivity contribution in [3.05, 3.63) is 29.8 Å². The molecule has 2 saturated heterocycles. The number of hydrogen-bond acceptors (Lipinski definition) is 4. The first-order valence-corrected chi connectivity index (χ1v) is 8.87. The van der Waals surface area contributed by atoms with Gasteiger partial charge in [0, 0.05) is 26.2 Å². The molecule has 0 aliphatic carbocycles. The molecular weight excluding hydrogens is 290 g/mol. The first-order valence-electron chi connectivity index (χ1n) is 8.87. The van der Waals surface area contributed by atoms with E-state index in [1.54, 1.807) is 0 Å². The molecule has 0 unspecified atom stereocenters. The van der Waals surface area contributed by atoms with Crippen molar-refractivity contribution in [1.82, 2.24) is 4.90 Å². The fraction of sp³-hybridized carbons (Fsp3) is 0.684. The Kier molecular flexibility index (Phi) is 5.24. The highest BCUT2D eigenvalue weighted by molar-refractivity contribution is 5.28. The van der Waals surface area contributed by atoms with Gasteiger partial charge in [-0.1, -0.05) is 12.1 Å². The normalized spacial score (nSPS) is 25.0. The number of aliphatic hydroxyl groups excluding tert-OH is 1. The van der Waals surface area contributed by atoms with Crippen LogP contribution in [0.25, 0.3) is 0 Å². The van der Waals surface area contributed by atoms with Crippen molar-refractivity contribution >= 4 is 0 Å². The lowest BCUT2D eigenvalue weighted by Crippen LogP contribution is -2.55. The number of benzene rings is 1. The van der Waals surface area contributed by atoms with Crippen LogP contribution >= 0.6 is 0 Å². The number of piperidine rings is 1. The number of nitrogens with zero attached hydrogens (tertiary/aromatic N) is 1. The third-order valence-electron chi connectivity index (χ3n) is 5.00. The van der Waals surface area contributed by atoms with Gasteiger partial charge in [0.25, 0.3) is 0 Å². The van der Waals surface area contributed by atoms with E-state index in [-0.39, 0.29) is 17.8 Å². The van der Waals surface area contributed by atoms with Gasteiger partial charge in [-0.05, 0) is 57.2 Å². The maximum atomic E-state index is 10.3. The van der Waals surface area contributed by atoms with Gasteiger partial charge in [0.15, 0.2) is 0 Å². The molecule has 4 heteroatoms. The van der Waals surface area contributed by atoms with Crippen molar-refractivity contribution in [2.24, 2.45) is 0 Å². The van der Waals surface area contributed by atoms with Crippen molar-refractivity contribution in [3.63, 3.8) is 0 Å².